The van der Waals surface area contributed by atoms with Crippen LogP contribution in [0.1, 0.15) is 16.7 Å². The quantitative estimate of drug-likeness (QED) is 0.679. The maximum atomic E-state index is 6.34. The highest BCUT2D eigenvalue weighted by atomic mass is 35.5. The number of hydrogen-bond donors (Lipinski definition) is 2. The first-order chi connectivity index (χ1) is 11.6. The van der Waals surface area contributed by atoms with E-state index in [-0.39, 0.29) is 0 Å². The van der Waals surface area contributed by atoms with Crippen LogP contribution in [0.5, 0.6) is 0 Å². The smallest absolute Gasteiger partial charge is 0.224 e. The fraction of sp³-hybridized carbons (Fsp3) is 0.158. The Balaban J connectivity index is 1.74. The van der Waals surface area contributed by atoms with E-state index < -0.39 is 0 Å². The van der Waals surface area contributed by atoms with Crippen LogP contribution < -0.4 is 10.6 Å². The van der Waals surface area contributed by atoms with Gasteiger partial charge in [0, 0.05) is 12.7 Å². The van der Waals surface area contributed by atoms with Crippen LogP contribution in [0.25, 0.3) is 0 Å². The number of benzene rings is 2. The van der Waals surface area contributed by atoms with Gasteiger partial charge in [-0.3, -0.25) is 0 Å². The normalized spacial score (nSPS) is 10.5. The van der Waals surface area contributed by atoms with Crippen LogP contribution in [-0.4, -0.2) is 9.97 Å². The minimum Gasteiger partial charge on any atom is -0.350 e. The van der Waals surface area contributed by atoms with E-state index in [4.69, 9.17) is 11.6 Å². The highest BCUT2D eigenvalue weighted by molar-refractivity contribution is 6.33. The van der Waals surface area contributed by atoms with Gasteiger partial charge in [0.15, 0.2) is 0 Å². The Morgan fingerprint density at radius 1 is 1.04 bits per heavy atom. The first kappa shape index (κ1) is 16.3. The van der Waals surface area contributed by atoms with Gasteiger partial charge in [0.05, 0.1) is 10.7 Å². The van der Waals surface area contributed by atoms with E-state index in [2.05, 4.69) is 38.8 Å². The molecule has 0 aliphatic rings. The van der Waals surface area contributed by atoms with Crippen molar-refractivity contribution in [3.8, 4) is 0 Å². The summed E-state index contributed by atoms with van der Waals surface area (Å²) in [6, 6.07) is 16.0. The van der Waals surface area contributed by atoms with Gasteiger partial charge in [0.25, 0.3) is 0 Å². The molecule has 24 heavy (non-hydrogen) atoms. The first-order valence-corrected chi connectivity index (χ1v) is 8.14. The maximum Gasteiger partial charge on any atom is 0.224 e. The molecular weight excluding hydrogens is 320 g/mol. The van der Waals surface area contributed by atoms with E-state index in [0.29, 0.717) is 23.3 Å². The molecule has 0 fully saturated rings. The summed E-state index contributed by atoms with van der Waals surface area (Å²) in [5.41, 5.74) is 4.26. The number of anilines is 3. The van der Waals surface area contributed by atoms with Gasteiger partial charge < -0.3 is 10.6 Å². The zero-order valence-corrected chi connectivity index (χ0v) is 14.4. The number of aryl methyl sites for hydroxylation is 2. The molecule has 0 radical (unpaired) electrons. The summed E-state index contributed by atoms with van der Waals surface area (Å²) in [6.45, 7) is 4.73. The van der Waals surface area contributed by atoms with Crippen LogP contribution in [0.2, 0.25) is 5.02 Å². The van der Waals surface area contributed by atoms with Gasteiger partial charge in [-0.25, -0.2) is 4.98 Å². The average molecular weight is 339 g/mol. The summed E-state index contributed by atoms with van der Waals surface area (Å²) < 4.78 is 0. The number of nitrogens with one attached hydrogen (secondary N) is 2. The Kier molecular flexibility index (Phi) is 4.96. The predicted octanol–water partition coefficient (Wildman–Crippen LogP) is 5.10. The van der Waals surface area contributed by atoms with Crippen molar-refractivity contribution >= 4 is 29.1 Å². The van der Waals surface area contributed by atoms with E-state index in [1.54, 1.807) is 6.20 Å². The third-order valence-corrected chi connectivity index (χ3v) is 3.93. The third kappa shape index (κ3) is 4.03. The molecule has 1 heterocycles. The molecule has 1 aromatic heterocycles. The molecule has 2 aromatic carbocycles. The van der Waals surface area contributed by atoms with Crippen molar-refractivity contribution in [2.24, 2.45) is 0 Å². The minimum absolute atomic E-state index is 0.574. The maximum absolute atomic E-state index is 6.34. The van der Waals surface area contributed by atoms with Gasteiger partial charge in [0.2, 0.25) is 5.95 Å². The molecule has 0 amide bonds. The van der Waals surface area contributed by atoms with E-state index in [1.165, 1.54) is 5.56 Å². The van der Waals surface area contributed by atoms with Gasteiger partial charge in [-0.05, 0) is 42.7 Å². The molecule has 0 bridgehead atoms. The summed E-state index contributed by atoms with van der Waals surface area (Å²) in [4.78, 5) is 8.76. The molecule has 122 valence electrons. The molecule has 3 rings (SSSR count). The van der Waals surface area contributed by atoms with Crippen LogP contribution in [0.3, 0.4) is 0 Å². The molecule has 0 saturated heterocycles. The summed E-state index contributed by atoms with van der Waals surface area (Å²) in [6.07, 6.45) is 1.72. The highest BCUT2D eigenvalue weighted by Crippen LogP contribution is 2.29. The second kappa shape index (κ2) is 7.32. The molecule has 4 nitrogen and oxygen atoms in total. The van der Waals surface area contributed by atoms with Gasteiger partial charge in [-0.1, -0.05) is 48.0 Å². The molecule has 0 aliphatic carbocycles. The zero-order chi connectivity index (χ0) is 16.9. The van der Waals surface area contributed by atoms with Crippen LogP contribution >= 0.6 is 11.6 Å². The molecule has 3 aromatic rings. The van der Waals surface area contributed by atoms with Crippen molar-refractivity contribution < 1.29 is 0 Å². The summed E-state index contributed by atoms with van der Waals surface area (Å²) in [7, 11) is 0. The lowest BCUT2D eigenvalue weighted by Crippen LogP contribution is -2.05. The summed E-state index contributed by atoms with van der Waals surface area (Å²) >= 11 is 6.34. The predicted molar refractivity (Wildman–Crippen MR) is 100 cm³/mol. The molecule has 2 N–H and O–H groups in total. The van der Waals surface area contributed by atoms with Crippen molar-refractivity contribution in [3.63, 3.8) is 0 Å². The van der Waals surface area contributed by atoms with Gasteiger partial charge in [0.1, 0.15) is 5.82 Å². The Labute approximate surface area is 146 Å². The number of rotatable bonds is 5. The van der Waals surface area contributed by atoms with Crippen molar-refractivity contribution in [2.45, 2.75) is 20.4 Å². The van der Waals surface area contributed by atoms with Gasteiger partial charge in [-0.2, -0.15) is 4.98 Å². The van der Waals surface area contributed by atoms with Crippen molar-refractivity contribution in [1.82, 2.24) is 9.97 Å². The first-order valence-electron chi connectivity index (χ1n) is 7.76. The lowest BCUT2D eigenvalue weighted by Gasteiger charge is -2.13. The Morgan fingerprint density at radius 3 is 2.58 bits per heavy atom. The van der Waals surface area contributed by atoms with E-state index in [9.17, 15) is 0 Å². The summed E-state index contributed by atoms with van der Waals surface area (Å²) in [5.74, 6) is 1.28. The molecule has 0 spiro atoms. The molecule has 0 aliphatic heterocycles. The van der Waals surface area contributed by atoms with Crippen LogP contribution in [0.15, 0.2) is 54.7 Å². The standard InChI is InChI=1S/C19H19ClN4/c1-13-10-14(2)18(16(20)11-13)23-17-8-9-21-19(24-17)22-12-15-6-4-3-5-7-15/h3-11H,12H2,1-2H3,(H2,21,22,23,24). The van der Waals surface area contributed by atoms with Crippen molar-refractivity contribution in [3.05, 3.63) is 76.4 Å². The Hall–Kier alpha value is -2.59. The van der Waals surface area contributed by atoms with Crippen LogP contribution in [0.4, 0.5) is 17.5 Å². The second-order valence-corrected chi connectivity index (χ2v) is 6.08. The van der Waals surface area contributed by atoms with Crippen molar-refractivity contribution in [2.75, 3.05) is 10.6 Å². The molecule has 0 atom stereocenters. The molecule has 0 unspecified atom stereocenters. The fourth-order valence-electron chi connectivity index (χ4n) is 2.49. The Morgan fingerprint density at radius 2 is 1.83 bits per heavy atom. The summed E-state index contributed by atoms with van der Waals surface area (Å²) in [5, 5.41) is 7.20. The number of halogens is 1. The van der Waals surface area contributed by atoms with E-state index in [0.717, 1.165) is 16.8 Å². The number of hydrogen-bond acceptors (Lipinski definition) is 4. The van der Waals surface area contributed by atoms with E-state index in [1.807, 2.05) is 44.2 Å². The SMILES string of the molecule is Cc1cc(C)c(Nc2ccnc(NCc3ccccc3)n2)c(Cl)c1. The fourth-order valence-corrected chi connectivity index (χ4v) is 2.86. The molecule has 5 heteroatoms. The number of aromatic nitrogens is 2. The topological polar surface area (TPSA) is 49.8 Å². The van der Waals surface area contributed by atoms with Crippen LogP contribution in [-0.2, 0) is 6.54 Å². The zero-order valence-electron chi connectivity index (χ0n) is 13.7. The van der Waals surface area contributed by atoms with Crippen molar-refractivity contribution in [1.29, 1.82) is 0 Å². The van der Waals surface area contributed by atoms with Gasteiger partial charge >= 0.3 is 0 Å². The monoisotopic (exact) mass is 338 g/mol. The number of nitrogens with zero attached hydrogens (tertiary/aromatic N) is 2. The minimum atomic E-state index is 0.574. The molecular formula is C19H19ClN4. The van der Waals surface area contributed by atoms with E-state index >= 15 is 0 Å². The highest BCUT2D eigenvalue weighted by Gasteiger charge is 2.07. The lowest BCUT2D eigenvalue weighted by atomic mass is 10.1. The third-order valence-electron chi connectivity index (χ3n) is 3.63. The molecule has 0 saturated carbocycles. The Bertz CT molecular complexity index is 811. The lowest BCUT2D eigenvalue weighted by molar-refractivity contribution is 1.06. The van der Waals surface area contributed by atoms with Crippen LogP contribution in [0, 0.1) is 13.8 Å². The van der Waals surface area contributed by atoms with Gasteiger partial charge in [-0.15, -0.1) is 0 Å². The second-order valence-electron chi connectivity index (χ2n) is 5.67. The average Bonchev–Trinajstić information content (AvgIpc) is 2.58. The largest absolute Gasteiger partial charge is 0.350 e.